The molecule has 0 saturated heterocycles. The van der Waals surface area contributed by atoms with Crippen molar-refractivity contribution in [1.29, 1.82) is 0 Å². The minimum absolute atomic E-state index is 0.487. The summed E-state index contributed by atoms with van der Waals surface area (Å²) in [5, 5.41) is 2.12. The molecule has 2 heterocycles. The number of hydrogen-bond acceptors (Lipinski definition) is 5. The Bertz CT molecular complexity index is 756. The molecule has 3 aromatic rings. The van der Waals surface area contributed by atoms with E-state index in [9.17, 15) is 0 Å². The van der Waals surface area contributed by atoms with Crippen molar-refractivity contribution in [2.75, 3.05) is 19.5 Å². The van der Waals surface area contributed by atoms with Crippen LogP contribution in [0, 0.1) is 0 Å². The highest BCUT2D eigenvalue weighted by Gasteiger charge is 2.12. The minimum Gasteiger partial charge on any atom is -0.384 e. The molecule has 0 fully saturated rings. The minimum atomic E-state index is 0.487. The van der Waals surface area contributed by atoms with E-state index in [0.29, 0.717) is 12.4 Å². The number of aromatic nitrogens is 2. The molecule has 3 rings (SSSR count). The van der Waals surface area contributed by atoms with Gasteiger partial charge in [-0.15, -0.1) is 11.3 Å². The van der Waals surface area contributed by atoms with E-state index < -0.39 is 0 Å². The zero-order valence-corrected chi connectivity index (χ0v) is 12.7. The summed E-state index contributed by atoms with van der Waals surface area (Å²) in [6.07, 6.45) is 0.799. The van der Waals surface area contributed by atoms with E-state index in [1.165, 1.54) is 0 Å². The van der Waals surface area contributed by atoms with Crippen LogP contribution in [-0.4, -0.2) is 23.7 Å². The quantitative estimate of drug-likeness (QED) is 0.795. The number of ether oxygens (including phenoxy) is 1. The first-order valence-corrected chi connectivity index (χ1v) is 7.43. The van der Waals surface area contributed by atoms with Crippen LogP contribution >= 0.6 is 27.3 Å². The van der Waals surface area contributed by atoms with Gasteiger partial charge in [0.05, 0.1) is 21.8 Å². The highest BCUT2D eigenvalue weighted by molar-refractivity contribution is 9.10. The molecule has 0 radical (unpaired) electrons. The van der Waals surface area contributed by atoms with E-state index in [2.05, 4.69) is 25.9 Å². The van der Waals surface area contributed by atoms with Crippen LogP contribution < -0.4 is 5.73 Å². The maximum Gasteiger partial charge on any atom is 0.151 e. The maximum atomic E-state index is 6.00. The molecule has 0 aliphatic rings. The number of benzene rings is 1. The third kappa shape index (κ3) is 2.31. The zero-order valence-electron chi connectivity index (χ0n) is 10.3. The van der Waals surface area contributed by atoms with Crippen molar-refractivity contribution in [3.63, 3.8) is 0 Å². The van der Waals surface area contributed by atoms with Gasteiger partial charge >= 0.3 is 0 Å². The molecule has 0 aliphatic heterocycles. The summed E-state index contributed by atoms with van der Waals surface area (Å²) in [6.45, 7) is 0.663. The number of methoxy groups -OCH3 is 1. The van der Waals surface area contributed by atoms with Crippen LogP contribution in [0.5, 0.6) is 0 Å². The summed E-state index contributed by atoms with van der Waals surface area (Å²) in [5.41, 5.74) is 7.69. The SMILES string of the molecule is COCCc1nc2c(N)nc3cc(Br)ccc3c2s1. The number of halogens is 1. The van der Waals surface area contributed by atoms with E-state index in [4.69, 9.17) is 10.5 Å². The largest absolute Gasteiger partial charge is 0.384 e. The summed E-state index contributed by atoms with van der Waals surface area (Å²) in [4.78, 5) is 8.98. The van der Waals surface area contributed by atoms with Gasteiger partial charge < -0.3 is 10.5 Å². The second kappa shape index (κ2) is 5.03. The van der Waals surface area contributed by atoms with Crippen molar-refractivity contribution in [3.8, 4) is 0 Å². The Morgan fingerprint density at radius 1 is 1.37 bits per heavy atom. The topological polar surface area (TPSA) is 61.0 Å². The number of nitrogens with two attached hydrogens (primary N) is 1. The lowest BCUT2D eigenvalue weighted by Gasteiger charge is -2.01. The van der Waals surface area contributed by atoms with Gasteiger partial charge in [-0.05, 0) is 12.1 Å². The van der Waals surface area contributed by atoms with Crippen molar-refractivity contribution in [2.24, 2.45) is 0 Å². The van der Waals surface area contributed by atoms with Gasteiger partial charge in [0, 0.05) is 23.4 Å². The summed E-state index contributed by atoms with van der Waals surface area (Å²) in [6, 6.07) is 6.03. The second-order valence-corrected chi connectivity index (χ2v) is 6.19. The molecule has 98 valence electrons. The molecule has 2 aromatic heterocycles. The van der Waals surface area contributed by atoms with Gasteiger partial charge in [-0.25, -0.2) is 9.97 Å². The lowest BCUT2D eigenvalue weighted by atomic mass is 10.2. The molecule has 0 unspecified atom stereocenters. The maximum absolute atomic E-state index is 6.00. The molecule has 1 aromatic carbocycles. The molecule has 0 bridgehead atoms. The van der Waals surface area contributed by atoms with Crippen LogP contribution in [0.3, 0.4) is 0 Å². The van der Waals surface area contributed by atoms with Crippen molar-refractivity contribution >= 4 is 54.2 Å². The lowest BCUT2D eigenvalue weighted by molar-refractivity contribution is 0.202. The van der Waals surface area contributed by atoms with Gasteiger partial charge in [0.1, 0.15) is 5.52 Å². The third-order valence-corrected chi connectivity index (χ3v) is 4.52. The lowest BCUT2D eigenvalue weighted by Crippen LogP contribution is -1.94. The first-order valence-electron chi connectivity index (χ1n) is 5.82. The summed E-state index contributed by atoms with van der Waals surface area (Å²) < 4.78 is 7.18. The molecule has 0 amide bonds. The Balaban J connectivity index is 2.24. The Labute approximate surface area is 122 Å². The fourth-order valence-electron chi connectivity index (χ4n) is 1.99. The van der Waals surface area contributed by atoms with Crippen LogP contribution in [0.2, 0.25) is 0 Å². The van der Waals surface area contributed by atoms with Crippen LogP contribution in [0.25, 0.3) is 21.1 Å². The normalized spacial score (nSPS) is 11.5. The smallest absolute Gasteiger partial charge is 0.151 e. The predicted octanol–water partition coefficient (Wildman–Crippen LogP) is 3.38. The summed E-state index contributed by atoms with van der Waals surface area (Å²) in [7, 11) is 1.69. The number of thiazole rings is 1. The van der Waals surface area contributed by atoms with Crippen LogP contribution in [0.4, 0.5) is 5.82 Å². The highest BCUT2D eigenvalue weighted by atomic mass is 79.9. The van der Waals surface area contributed by atoms with Gasteiger partial charge in [0.2, 0.25) is 0 Å². The van der Waals surface area contributed by atoms with Gasteiger partial charge in [0.15, 0.2) is 5.82 Å². The van der Waals surface area contributed by atoms with Crippen LogP contribution in [-0.2, 0) is 11.2 Å². The average molecular weight is 338 g/mol. The molecule has 6 heteroatoms. The number of rotatable bonds is 3. The average Bonchev–Trinajstić information content (AvgIpc) is 2.81. The van der Waals surface area contributed by atoms with Crippen LogP contribution in [0.1, 0.15) is 5.01 Å². The monoisotopic (exact) mass is 337 g/mol. The fraction of sp³-hybridized carbons (Fsp3) is 0.231. The standard InChI is InChI=1S/C13H12BrN3OS/c1-18-5-4-10-17-11-12(19-10)8-3-2-7(14)6-9(8)16-13(11)15/h2-3,6H,4-5H2,1H3,(H2,15,16). The second-order valence-electron chi connectivity index (χ2n) is 4.19. The molecular formula is C13H12BrN3OS. The molecular weight excluding hydrogens is 326 g/mol. The third-order valence-electron chi connectivity index (χ3n) is 2.88. The van der Waals surface area contributed by atoms with Gasteiger partial charge in [-0.2, -0.15) is 0 Å². The summed E-state index contributed by atoms with van der Waals surface area (Å²) >= 11 is 5.11. The first-order chi connectivity index (χ1) is 9.19. The van der Waals surface area contributed by atoms with Crippen molar-refractivity contribution in [1.82, 2.24) is 9.97 Å². The fourth-order valence-corrected chi connectivity index (χ4v) is 3.43. The van der Waals surface area contributed by atoms with Crippen molar-refractivity contribution < 1.29 is 4.74 Å². The Kier molecular flexibility index (Phi) is 3.38. The van der Waals surface area contributed by atoms with E-state index in [-0.39, 0.29) is 0 Å². The molecule has 0 spiro atoms. The number of fused-ring (bicyclic) bond motifs is 3. The van der Waals surface area contributed by atoms with Crippen molar-refractivity contribution in [2.45, 2.75) is 6.42 Å². The van der Waals surface area contributed by atoms with E-state index in [0.717, 1.165) is 37.0 Å². The Hall–Kier alpha value is -1.24. The molecule has 0 saturated carbocycles. The van der Waals surface area contributed by atoms with E-state index in [1.807, 2.05) is 18.2 Å². The van der Waals surface area contributed by atoms with Crippen LogP contribution in [0.15, 0.2) is 22.7 Å². The Morgan fingerprint density at radius 3 is 3.00 bits per heavy atom. The number of nitrogens with zero attached hydrogens (tertiary/aromatic N) is 2. The molecule has 2 N–H and O–H groups in total. The zero-order chi connectivity index (χ0) is 13.4. The van der Waals surface area contributed by atoms with Gasteiger partial charge in [-0.1, -0.05) is 22.0 Å². The van der Waals surface area contributed by atoms with E-state index in [1.54, 1.807) is 18.4 Å². The molecule has 0 atom stereocenters. The van der Waals surface area contributed by atoms with Gasteiger partial charge in [0.25, 0.3) is 0 Å². The Morgan fingerprint density at radius 2 is 2.21 bits per heavy atom. The van der Waals surface area contributed by atoms with Gasteiger partial charge in [-0.3, -0.25) is 0 Å². The number of pyridine rings is 1. The predicted molar refractivity (Wildman–Crippen MR) is 82.6 cm³/mol. The molecule has 0 aliphatic carbocycles. The number of hydrogen-bond donors (Lipinski definition) is 1. The van der Waals surface area contributed by atoms with Crippen molar-refractivity contribution in [3.05, 3.63) is 27.7 Å². The number of anilines is 1. The number of nitrogen functional groups attached to an aromatic ring is 1. The van der Waals surface area contributed by atoms with E-state index >= 15 is 0 Å². The first kappa shape index (κ1) is 12.8. The molecule has 19 heavy (non-hydrogen) atoms. The molecule has 4 nitrogen and oxygen atoms in total. The summed E-state index contributed by atoms with van der Waals surface area (Å²) in [5.74, 6) is 0.487. The highest BCUT2D eigenvalue weighted by Crippen LogP contribution is 2.33.